The van der Waals surface area contributed by atoms with Gasteiger partial charge >= 0.3 is 0 Å². The lowest BCUT2D eigenvalue weighted by molar-refractivity contribution is -0.535. The summed E-state index contributed by atoms with van der Waals surface area (Å²) in [6.45, 7) is 12.7. The molecule has 0 radical (unpaired) electrons. The van der Waals surface area contributed by atoms with Crippen LogP contribution in [0.1, 0.15) is 205 Å². The second-order valence-corrected chi connectivity index (χ2v) is 21.6. The number of nitrogens with zero attached hydrogens (tertiary/aromatic N) is 2. The summed E-state index contributed by atoms with van der Waals surface area (Å²) in [7, 11) is 0. The number of unbranched alkanes of at least 4 members (excludes halogenated alkanes) is 20. The predicted octanol–water partition coefficient (Wildman–Crippen LogP) is 15.0. The highest BCUT2D eigenvalue weighted by molar-refractivity contribution is 6.21. The minimum Gasteiger partial charge on any atom is -0.851 e. The summed E-state index contributed by atoms with van der Waals surface area (Å²) >= 11 is 0. The molecule has 1 fully saturated rings. The van der Waals surface area contributed by atoms with Crippen LogP contribution in [-0.2, 0) is 0 Å². The average molecular weight is 977 g/mol. The van der Waals surface area contributed by atoms with Crippen LogP contribution in [0.15, 0.2) is 72.8 Å². The van der Waals surface area contributed by atoms with Gasteiger partial charge in [-0.1, -0.05) is 205 Å². The number of nitrogens with two attached hydrogens (primary N) is 4. The van der Waals surface area contributed by atoms with Gasteiger partial charge in [-0.3, -0.25) is 0 Å². The number of nitrogen functional groups attached to an aromatic ring is 4. The minimum atomic E-state index is -1.30. The maximum atomic E-state index is 15.7. The standard InChI is InChI=1S/C64H92N6O2/c1-5-9-13-17-21-25-41-69(42-26-22-18-14-10-6-2)61-45-33-29-37-49(65)53(45)57(54-46(61)34-30-38-50(54)66)59-63(71)60(64(59)72)58-55-47(35-31-39-51(55)67)62(48-36-32-40-52(68)56(48)58)70(43-27-23-19-15-11-7-3)44-28-24-20-16-12-8-4/h29-40,59-60,63-64H,5-28,41-44,65-68H2,1-4H3/q-2. The van der Waals surface area contributed by atoms with Gasteiger partial charge in [-0.05, 0) is 72.9 Å². The first-order chi connectivity index (χ1) is 35.2. The van der Waals surface area contributed by atoms with Crippen LogP contribution in [0.2, 0.25) is 0 Å². The summed E-state index contributed by atoms with van der Waals surface area (Å²) in [4.78, 5) is 5.15. The molecule has 0 atom stereocenters. The van der Waals surface area contributed by atoms with Gasteiger partial charge < -0.3 is 42.9 Å². The first kappa shape index (κ1) is 54.8. The fourth-order valence-corrected chi connectivity index (χ4v) is 12.5. The van der Waals surface area contributed by atoms with E-state index in [1.54, 1.807) is 0 Å². The maximum absolute atomic E-state index is 15.7. The molecule has 8 nitrogen and oxygen atoms in total. The van der Waals surface area contributed by atoms with Crippen molar-refractivity contribution in [3.63, 3.8) is 0 Å². The van der Waals surface area contributed by atoms with Crippen LogP contribution >= 0.6 is 0 Å². The van der Waals surface area contributed by atoms with Crippen molar-refractivity contribution >= 4 is 77.2 Å². The molecule has 0 amide bonds. The van der Waals surface area contributed by atoms with Gasteiger partial charge in [0.05, 0.1) is 11.4 Å². The van der Waals surface area contributed by atoms with Crippen molar-refractivity contribution in [2.45, 2.75) is 206 Å². The summed E-state index contributed by atoms with van der Waals surface area (Å²) in [5.41, 5.74) is 34.4. The van der Waals surface area contributed by atoms with Crippen molar-refractivity contribution in [1.29, 1.82) is 0 Å². The molecule has 392 valence electrons. The van der Waals surface area contributed by atoms with Crippen LogP contribution in [0.25, 0.3) is 43.1 Å². The van der Waals surface area contributed by atoms with Crippen molar-refractivity contribution in [2.24, 2.45) is 0 Å². The van der Waals surface area contributed by atoms with E-state index in [1.165, 1.54) is 128 Å². The van der Waals surface area contributed by atoms with Gasteiger partial charge in [-0.25, -0.2) is 0 Å². The average Bonchev–Trinajstić information content (AvgIpc) is 3.37. The monoisotopic (exact) mass is 977 g/mol. The quantitative estimate of drug-likeness (QED) is 0.0185. The lowest BCUT2D eigenvalue weighted by Crippen LogP contribution is -2.63. The second kappa shape index (κ2) is 27.4. The largest absolute Gasteiger partial charge is 0.851 e. The molecule has 7 rings (SSSR count). The van der Waals surface area contributed by atoms with Crippen molar-refractivity contribution in [1.82, 2.24) is 0 Å². The normalized spacial score (nSPS) is 16.9. The lowest BCUT2D eigenvalue weighted by atomic mass is 9.60. The molecule has 8 N–H and O–H groups in total. The maximum Gasteiger partial charge on any atom is 0.0527 e. The molecular weight excluding hydrogens is 885 g/mol. The molecule has 0 spiro atoms. The molecule has 0 unspecified atom stereocenters. The third kappa shape index (κ3) is 12.4. The van der Waals surface area contributed by atoms with E-state index in [9.17, 15) is 0 Å². The molecule has 0 aromatic heterocycles. The van der Waals surface area contributed by atoms with Crippen LogP contribution in [0.3, 0.4) is 0 Å². The minimum absolute atomic E-state index is 0.570. The second-order valence-electron chi connectivity index (χ2n) is 21.6. The van der Waals surface area contributed by atoms with Gasteiger partial charge in [0.2, 0.25) is 0 Å². The molecule has 8 heteroatoms. The summed E-state index contributed by atoms with van der Waals surface area (Å²) in [6.07, 6.45) is 26.5. The Labute approximate surface area is 434 Å². The first-order valence-corrected chi connectivity index (χ1v) is 29.1. The number of hydrogen-bond acceptors (Lipinski definition) is 8. The highest BCUT2D eigenvalue weighted by Gasteiger charge is 2.43. The van der Waals surface area contributed by atoms with Crippen LogP contribution in [0.5, 0.6) is 0 Å². The molecule has 6 aromatic rings. The molecule has 0 bridgehead atoms. The Morgan fingerprint density at radius 1 is 0.333 bits per heavy atom. The van der Waals surface area contributed by atoms with E-state index in [0.29, 0.717) is 33.9 Å². The topological polar surface area (TPSA) is 157 Å². The summed E-state index contributed by atoms with van der Waals surface area (Å²) in [5.74, 6) is -1.80. The number of benzene rings is 6. The van der Waals surface area contributed by atoms with E-state index < -0.39 is 24.0 Å². The van der Waals surface area contributed by atoms with Gasteiger partial charge in [-0.15, -0.1) is 12.2 Å². The van der Waals surface area contributed by atoms with Crippen molar-refractivity contribution in [3.8, 4) is 0 Å². The van der Waals surface area contributed by atoms with Crippen molar-refractivity contribution < 1.29 is 10.2 Å². The van der Waals surface area contributed by atoms with E-state index >= 15 is 10.2 Å². The Kier molecular flexibility index (Phi) is 20.9. The predicted molar refractivity (Wildman–Crippen MR) is 312 cm³/mol. The van der Waals surface area contributed by atoms with Gasteiger partial charge in [0.25, 0.3) is 0 Å². The molecule has 1 aliphatic rings. The molecule has 1 saturated carbocycles. The van der Waals surface area contributed by atoms with E-state index in [4.69, 9.17) is 22.9 Å². The van der Waals surface area contributed by atoms with E-state index in [0.717, 1.165) is 106 Å². The van der Waals surface area contributed by atoms with Gasteiger partial charge in [0, 0.05) is 92.0 Å². The van der Waals surface area contributed by atoms with Crippen LogP contribution in [0.4, 0.5) is 34.1 Å². The highest BCUT2D eigenvalue weighted by atomic mass is 16.3. The highest BCUT2D eigenvalue weighted by Crippen LogP contribution is 2.57. The zero-order valence-electron chi connectivity index (χ0n) is 45.1. The first-order valence-electron chi connectivity index (χ1n) is 29.1. The van der Waals surface area contributed by atoms with Crippen LogP contribution < -0.4 is 42.9 Å². The molecule has 6 aromatic carbocycles. The fourth-order valence-electron chi connectivity index (χ4n) is 12.5. The zero-order valence-corrected chi connectivity index (χ0v) is 45.1. The van der Waals surface area contributed by atoms with E-state index in [-0.39, 0.29) is 0 Å². The van der Waals surface area contributed by atoms with Gasteiger partial charge in [0.1, 0.15) is 0 Å². The zero-order chi connectivity index (χ0) is 51.0. The Morgan fingerprint density at radius 2 is 0.556 bits per heavy atom. The third-order valence-corrected chi connectivity index (χ3v) is 16.3. The molecular formula is C64H92N6O2-2. The smallest absolute Gasteiger partial charge is 0.0527 e. The summed E-state index contributed by atoms with van der Waals surface area (Å²) in [5, 5.41) is 38.6. The summed E-state index contributed by atoms with van der Waals surface area (Å²) < 4.78 is 0. The van der Waals surface area contributed by atoms with Crippen LogP contribution in [0, 0.1) is 0 Å². The third-order valence-electron chi connectivity index (χ3n) is 16.3. The van der Waals surface area contributed by atoms with Crippen molar-refractivity contribution in [2.75, 3.05) is 58.9 Å². The molecule has 0 heterocycles. The molecule has 1 aliphatic carbocycles. The number of hydrogen-bond donors (Lipinski definition) is 4. The van der Waals surface area contributed by atoms with E-state index in [1.807, 2.05) is 48.5 Å². The Balaban J connectivity index is 1.33. The lowest BCUT2D eigenvalue weighted by Gasteiger charge is -2.62. The Hall–Kier alpha value is -4.92. The number of fused-ring (bicyclic) bond motifs is 4. The molecule has 0 aliphatic heterocycles. The number of rotatable bonds is 32. The van der Waals surface area contributed by atoms with Gasteiger partial charge in [-0.2, -0.15) is 0 Å². The molecule has 0 saturated heterocycles. The van der Waals surface area contributed by atoms with Crippen LogP contribution in [-0.4, -0.2) is 38.4 Å². The Morgan fingerprint density at radius 3 is 0.792 bits per heavy atom. The summed E-state index contributed by atoms with van der Waals surface area (Å²) in [6, 6.07) is 24.4. The fraction of sp³-hybridized carbons (Fsp3) is 0.562. The number of anilines is 6. The van der Waals surface area contributed by atoms with E-state index in [2.05, 4.69) is 61.8 Å². The SMILES string of the molecule is CCCCCCCCN(CCCCCCCC)c1c2cccc(N)c2c(C2C([O-])C(c3c4c(N)cccc4c(N(CCCCCCCC)CCCCCCCC)c4cccc(N)c34)C2[O-])c2c(N)cccc12. The molecule has 72 heavy (non-hydrogen) atoms. The van der Waals surface area contributed by atoms with Crippen molar-refractivity contribution in [3.05, 3.63) is 83.9 Å². The Bertz CT molecular complexity index is 2300. The van der Waals surface area contributed by atoms with Gasteiger partial charge in [0.15, 0.2) is 0 Å².